The molecule has 0 radical (unpaired) electrons. The lowest BCUT2D eigenvalue weighted by atomic mass is 10.1. The van der Waals surface area contributed by atoms with E-state index in [1.807, 2.05) is 0 Å². The topological polar surface area (TPSA) is 86.8 Å². The lowest BCUT2D eigenvalue weighted by Gasteiger charge is -2.32. The van der Waals surface area contributed by atoms with E-state index in [2.05, 4.69) is 5.32 Å². The Balaban J connectivity index is 1.89. The number of amides is 2. The van der Waals surface area contributed by atoms with Crippen LogP contribution in [0.25, 0.3) is 0 Å². The van der Waals surface area contributed by atoms with Crippen molar-refractivity contribution < 1.29 is 26.8 Å². The molecular weight excluding hydrogens is 500 g/mol. The molecule has 1 saturated carbocycles. The fourth-order valence-electron chi connectivity index (χ4n) is 4.06. The Kier molecular flexibility index (Phi) is 8.71. The Morgan fingerprint density at radius 1 is 1.11 bits per heavy atom. The Hall–Kier alpha value is -2.72. The van der Waals surface area contributed by atoms with E-state index in [4.69, 9.17) is 11.6 Å². The molecule has 1 fully saturated rings. The van der Waals surface area contributed by atoms with Crippen LogP contribution >= 0.6 is 11.6 Å². The molecule has 7 nitrogen and oxygen atoms in total. The van der Waals surface area contributed by atoms with Crippen molar-refractivity contribution in [3.05, 3.63) is 64.7 Å². The predicted molar refractivity (Wildman–Crippen MR) is 130 cm³/mol. The van der Waals surface area contributed by atoms with Crippen LogP contribution in [0.5, 0.6) is 0 Å². The van der Waals surface area contributed by atoms with E-state index in [0.29, 0.717) is 21.0 Å². The van der Waals surface area contributed by atoms with Gasteiger partial charge in [0.25, 0.3) is 0 Å². The van der Waals surface area contributed by atoms with Crippen LogP contribution in [-0.4, -0.2) is 50.0 Å². The molecule has 1 N–H and O–H groups in total. The Labute approximate surface area is 209 Å². The highest BCUT2D eigenvalue weighted by molar-refractivity contribution is 7.92. The molecule has 0 unspecified atom stereocenters. The van der Waals surface area contributed by atoms with Gasteiger partial charge in [0.1, 0.15) is 12.6 Å². The van der Waals surface area contributed by atoms with Crippen LogP contribution in [0.2, 0.25) is 5.02 Å². The molecule has 11 heteroatoms. The molecular formula is C24H28ClF2N3O4S. The number of nitrogens with one attached hydrogen (secondary N) is 1. The number of benzene rings is 2. The van der Waals surface area contributed by atoms with Gasteiger partial charge in [-0.1, -0.05) is 36.6 Å². The molecule has 2 aromatic carbocycles. The molecule has 1 aliphatic carbocycles. The van der Waals surface area contributed by atoms with Crippen LogP contribution in [0.3, 0.4) is 0 Å². The Bertz CT molecular complexity index is 1190. The van der Waals surface area contributed by atoms with E-state index >= 15 is 0 Å². The quantitative estimate of drug-likeness (QED) is 0.536. The maximum Gasteiger partial charge on any atom is 0.244 e. The van der Waals surface area contributed by atoms with Crippen molar-refractivity contribution in [3.8, 4) is 0 Å². The first-order valence-electron chi connectivity index (χ1n) is 11.2. The molecule has 0 spiro atoms. The third kappa shape index (κ3) is 7.14. The second-order valence-electron chi connectivity index (χ2n) is 8.69. The zero-order chi connectivity index (χ0) is 25.8. The number of hydrogen-bond donors (Lipinski definition) is 1. The number of nitrogens with zero attached hydrogens (tertiary/aromatic N) is 2. The highest BCUT2D eigenvalue weighted by Gasteiger charge is 2.31. The number of anilines is 1. The number of halogens is 3. The molecule has 35 heavy (non-hydrogen) atoms. The molecule has 0 heterocycles. The zero-order valence-electron chi connectivity index (χ0n) is 19.5. The van der Waals surface area contributed by atoms with Gasteiger partial charge in [0, 0.05) is 23.7 Å². The summed E-state index contributed by atoms with van der Waals surface area (Å²) in [6.07, 6.45) is 4.61. The van der Waals surface area contributed by atoms with E-state index in [9.17, 15) is 26.8 Å². The molecule has 0 aromatic heterocycles. The van der Waals surface area contributed by atoms with E-state index < -0.39 is 40.2 Å². The van der Waals surface area contributed by atoms with Crippen molar-refractivity contribution >= 4 is 39.1 Å². The van der Waals surface area contributed by atoms with Gasteiger partial charge < -0.3 is 10.2 Å². The van der Waals surface area contributed by atoms with Gasteiger partial charge in [0.2, 0.25) is 21.8 Å². The average Bonchev–Trinajstić information content (AvgIpc) is 3.29. The van der Waals surface area contributed by atoms with Crippen molar-refractivity contribution in [2.45, 2.75) is 51.2 Å². The molecule has 3 rings (SSSR count). The number of hydrogen-bond acceptors (Lipinski definition) is 4. The van der Waals surface area contributed by atoms with Crippen molar-refractivity contribution in [3.63, 3.8) is 0 Å². The second-order valence-corrected chi connectivity index (χ2v) is 11.0. The minimum absolute atomic E-state index is 0.00593. The van der Waals surface area contributed by atoms with Crippen LogP contribution in [0.15, 0.2) is 42.5 Å². The summed E-state index contributed by atoms with van der Waals surface area (Å²) >= 11 is 6.08. The van der Waals surface area contributed by atoms with Crippen molar-refractivity contribution in [2.24, 2.45) is 0 Å². The summed E-state index contributed by atoms with van der Waals surface area (Å²) < 4.78 is 52.8. The summed E-state index contributed by atoms with van der Waals surface area (Å²) in [6.45, 7) is 0.856. The van der Waals surface area contributed by atoms with Gasteiger partial charge in [0.05, 0.1) is 11.9 Å². The van der Waals surface area contributed by atoms with Crippen molar-refractivity contribution in [1.82, 2.24) is 10.2 Å². The first kappa shape index (κ1) is 26.9. The van der Waals surface area contributed by atoms with Gasteiger partial charge in [0.15, 0.2) is 11.6 Å². The summed E-state index contributed by atoms with van der Waals surface area (Å²) in [4.78, 5) is 27.7. The first-order valence-corrected chi connectivity index (χ1v) is 13.5. The van der Waals surface area contributed by atoms with E-state index in [1.165, 1.54) is 4.90 Å². The summed E-state index contributed by atoms with van der Waals surface area (Å²) in [6, 6.07) is 8.43. The molecule has 1 aliphatic rings. The van der Waals surface area contributed by atoms with Crippen LogP contribution in [-0.2, 0) is 26.2 Å². The maximum absolute atomic E-state index is 13.8. The normalized spacial score (nSPS) is 15.0. The number of carbonyl (C=O) groups excluding carboxylic acids is 2. The molecule has 0 bridgehead atoms. The van der Waals surface area contributed by atoms with E-state index in [1.54, 1.807) is 31.2 Å². The SMILES string of the molecule is C[C@H](C(=O)NC1CCCC1)N(Cc1cccc(Cl)c1)C(=O)CN(c1ccc(F)c(F)c1)S(C)(=O)=O. The van der Waals surface area contributed by atoms with Crippen LogP contribution in [0, 0.1) is 11.6 Å². The minimum Gasteiger partial charge on any atom is -0.352 e. The number of rotatable bonds is 9. The summed E-state index contributed by atoms with van der Waals surface area (Å²) in [5.41, 5.74) is 0.440. The van der Waals surface area contributed by atoms with Crippen LogP contribution in [0.1, 0.15) is 38.2 Å². The lowest BCUT2D eigenvalue weighted by molar-refractivity contribution is -0.139. The Morgan fingerprint density at radius 3 is 2.40 bits per heavy atom. The maximum atomic E-state index is 13.8. The zero-order valence-corrected chi connectivity index (χ0v) is 21.1. The first-order chi connectivity index (χ1) is 16.5. The monoisotopic (exact) mass is 527 g/mol. The van der Waals surface area contributed by atoms with Crippen LogP contribution < -0.4 is 9.62 Å². The van der Waals surface area contributed by atoms with Gasteiger partial charge in [-0.2, -0.15) is 0 Å². The largest absolute Gasteiger partial charge is 0.352 e. The molecule has 0 saturated heterocycles. The predicted octanol–water partition coefficient (Wildman–Crippen LogP) is 3.86. The van der Waals surface area contributed by atoms with E-state index in [-0.39, 0.29) is 24.2 Å². The van der Waals surface area contributed by atoms with Gasteiger partial charge in [-0.15, -0.1) is 0 Å². The molecule has 2 aromatic rings. The summed E-state index contributed by atoms with van der Waals surface area (Å²) in [5, 5.41) is 3.40. The fraction of sp³-hybridized carbons (Fsp3) is 0.417. The Morgan fingerprint density at radius 2 is 1.80 bits per heavy atom. The third-order valence-electron chi connectivity index (χ3n) is 5.98. The highest BCUT2D eigenvalue weighted by atomic mass is 35.5. The highest BCUT2D eigenvalue weighted by Crippen LogP contribution is 2.23. The van der Waals surface area contributed by atoms with Gasteiger partial charge in [-0.05, 0) is 49.6 Å². The smallest absolute Gasteiger partial charge is 0.244 e. The van der Waals surface area contributed by atoms with Gasteiger partial charge in [-0.3, -0.25) is 13.9 Å². The summed E-state index contributed by atoms with van der Waals surface area (Å²) in [5.74, 6) is -3.43. The molecule has 0 aliphatic heterocycles. The fourth-order valence-corrected chi connectivity index (χ4v) is 5.11. The summed E-state index contributed by atoms with van der Waals surface area (Å²) in [7, 11) is -4.05. The molecule has 1 atom stereocenters. The molecule has 190 valence electrons. The van der Waals surface area contributed by atoms with Crippen molar-refractivity contribution in [2.75, 3.05) is 17.1 Å². The van der Waals surface area contributed by atoms with E-state index in [0.717, 1.165) is 44.1 Å². The number of carbonyl (C=O) groups is 2. The van der Waals surface area contributed by atoms with Gasteiger partial charge >= 0.3 is 0 Å². The van der Waals surface area contributed by atoms with Crippen LogP contribution in [0.4, 0.5) is 14.5 Å². The standard InChI is InChI=1S/C24H28ClF2N3O4S/c1-16(24(32)28-19-8-3-4-9-19)29(14-17-6-5-7-18(25)12-17)23(31)15-30(35(2,33)34)20-10-11-21(26)22(27)13-20/h5-7,10-13,16,19H,3-4,8-9,14-15H2,1-2H3,(H,28,32)/t16-/m1/s1. The lowest BCUT2D eigenvalue weighted by Crippen LogP contribution is -2.52. The van der Waals surface area contributed by atoms with Crippen molar-refractivity contribution in [1.29, 1.82) is 0 Å². The third-order valence-corrected chi connectivity index (χ3v) is 7.36. The average molecular weight is 528 g/mol. The molecule has 2 amide bonds. The van der Waals surface area contributed by atoms with Gasteiger partial charge in [-0.25, -0.2) is 17.2 Å². The second kappa shape index (κ2) is 11.3. The minimum atomic E-state index is -4.05. The number of sulfonamides is 1.